The molecule has 2 aromatic heterocycles. The Morgan fingerprint density at radius 3 is 2.47 bits per heavy atom. The van der Waals surface area contributed by atoms with E-state index >= 15 is 0 Å². The Hall–Kier alpha value is -2.45. The number of aromatic amines is 1. The normalized spacial score (nSPS) is 10.2. The molecule has 0 aliphatic rings. The van der Waals surface area contributed by atoms with Crippen molar-refractivity contribution in [3.05, 3.63) is 12.2 Å². The number of nitrogens with zero attached hydrogens (tertiary/aromatic N) is 5. The van der Waals surface area contributed by atoms with Gasteiger partial charge in [-0.05, 0) is 6.42 Å². The lowest BCUT2D eigenvalue weighted by Crippen LogP contribution is -2.09. The van der Waals surface area contributed by atoms with Crippen molar-refractivity contribution in [2.45, 2.75) is 12.8 Å². The van der Waals surface area contributed by atoms with Crippen molar-refractivity contribution in [1.82, 2.24) is 30.1 Å². The summed E-state index contributed by atoms with van der Waals surface area (Å²) in [5, 5.41) is 9.66. The van der Waals surface area contributed by atoms with Crippen LogP contribution >= 0.6 is 0 Å². The van der Waals surface area contributed by atoms with E-state index in [0.29, 0.717) is 12.5 Å². The van der Waals surface area contributed by atoms with Gasteiger partial charge in [0.2, 0.25) is 5.95 Å². The van der Waals surface area contributed by atoms with Gasteiger partial charge in [0.1, 0.15) is 12.2 Å². The number of hydrogen-bond donors (Lipinski definition) is 2. The van der Waals surface area contributed by atoms with Gasteiger partial charge >= 0.3 is 12.0 Å². The highest BCUT2D eigenvalue weighted by molar-refractivity contribution is 5.27. The summed E-state index contributed by atoms with van der Waals surface area (Å²) < 4.78 is 9.91. The van der Waals surface area contributed by atoms with Gasteiger partial charge in [0.15, 0.2) is 0 Å². The molecule has 0 saturated carbocycles. The minimum Gasteiger partial charge on any atom is -0.467 e. The number of anilines is 1. The summed E-state index contributed by atoms with van der Waals surface area (Å²) in [6, 6.07) is 0.425. The van der Waals surface area contributed by atoms with E-state index in [1.165, 1.54) is 20.5 Å². The molecule has 0 atom stereocenters. The molecule has 0 fully saturated rings. The first-order valence-corrected chi connectivity index (χ1v) is 5.74. The Morgan fingerprint density at radius 2 is 1.89 bits per heavy atom. The first kappa shape index (κ1) is 13.0. The van der Waals surface area contributed by atoms with Crippen molar-refractivity contribution in [1.29, 1.82) is 0 Å². The first-order chi connectivity index (χ1) is 9.31. The number of aryl methyl sites for hydroxylation is 1. The molecule has 0 radical (unpaired) electrons. The van der Waals surface area contributed by atoms with Crippen molar-refractivity contribution in [2.75, 3.05) is 26.1 Å². The molecule has 2 N–H and O–H groups in total. The monoisotopic (exact) mass is 265 g/mol. The summed E-state index contributed by atoms with van der Waals surface area (Å²) in [4.78, 5) is 16.1. The molecule has 0 aliphatic carbocycles. The van der Waals surface area contributed by atoms with Crippen LogP contribution in [-0.2, 0) is 6.42 Å². The molecule has 0 saturated heterocycles. The van der Waals surface area contributed by atoms with Crippen LogP contribution < -0.4 is 14.8 Å². The summed E-state index contributed by atoms with van der Waals surface area (Å²) in [5.41, 5.74) is 0. The fraction of sp³-hybridized carbons (Fsp3) is 0.500. The van der Waals surface area contributed by atoms with Crippen LogP contribution in [0.25, 0.3) is 0 Å². The molecule has 9 heteroatoms. The van der Waals surface area contributed by atoms with Crippen molar-refractivity contribution in [2.24, 2.45) is 0 Å². The molecule has 0 bridgehead atoms. The second-order valence-electron chi connectivity index (χ2n) is 3.59. The fourth-order valence-electron chi connectivity index (χ4n) is 1.41. The zero-order chi connectivity index (χ0) is 13.5. The summed E-state index contributed by atoms with van der Waals surface area (Å²) in [6.07, 6.45) is 3.16. The molecule has 0 aliphatic heterocycles. The van der Waals surface area contributed by atoms with Gasteiger partial charge < -0.3 is 14.8 Å². The minimum atomic E-state index is 0.213. The van der Waals surface area contributed by atoms with Gasteiger partial charge in [-0.3, -0.25) is 5.10 Å². The molecular weight excluding hydrogens is 250 g/mol. The van der Waals surface area contributed by atoms with E-state index in [4.69, 9.17) is 9.47 Å². The molecule has 2 heterocycles. The van der Waals surface area contributed by atoms with E-state index < -0.39 is 0 Å². The molecule has 0 amide bonds. The van der Waals surface area contributed by atoms with Crippen molar-refractivity contribution < 1.29 is 9.47 Å². The summed E-state index contributed by atoms with van der Waals surface area (Å²) in [6.45, 7) is 0.691. The first-order valence-electron chi connectivity index (χ1n) is 5.74. The van der Waals surface area contributed by atoms with Gasteiger partial charge in [0, 0.05) is 13.0 Å². The molecule has 0 spiro atoms. The molecule has 9 nitrogen and oxygen atoms in total. The largest absolute Gasteiger partial charge is 0.467 e. The average Bonchev–Trinajstić information content (AvgIpc) is 2.96. The van der Waals surface area contributed by atoms with E-state index in [1.54, 1.807) is 0 Å². The van der Waals surface area contributed by atoms with Crippen LogP contribution in [0.2, 0.25) is 0 Å². The number of rotatable bonds is 7. The average molecular weight is 265 g/mol. The van der Waals surface area contributed by atoms with Gasteiger partial charge in [-0.2, -0.15) is 15.1 Å². The van der Waals surface area contributed by atoms with Gasteiger partial charge in [-0.1, -0.05) is 0 Å². The number of aromatic nitrogens is 6. The van der Waals surface area contributed by atoms with Gasteiger partial charge in [-0.25, -0.2) is 4.98 Å². The molecule has 102 valence electrons. The van der Waals surface area contributed by atoms with Gasteiger partial charge in [-0.15, -0.1) is 4.98 Å². The number of hydrogen-bond acceptors (Lipinski definition) is 8. The molecule has 19 heavy (non-hydrogen) atoms. The standard InChI is InChI=1S/C10H15N7O2/c1-18-9-14-8(15-10(16-9)19-2)11-5-3-4-7-12-6-13-17-7/h6H,3-5H2,1-2H3,(H,12,13,17)(H,11,14,15,16). The zero-order valence-electron chi connectivity index (χ0n) is 10.8. The highest BCUT2D eigenvalue weighted by Gasteiger charge is 2.06. The SMILES string of the molecule is COc1nc(NCCCc2ncn[nH]2)nc(OC)n1. The maximum Gasteiger partial charge on any atom is 0.324 e. The smallest absolute Gasteiger partial charge is 0.324 e. The van der Waals surface area contributed by atoms with Crippen LogP contribution in [0, 0.1) is 0 Å². The molecule has 2 rings (SSSR count). The summed E-state index contributed by atoms with van der Waals surface area (Å²) in [7, 11) is 2.98. The summed E-state index contributed by atoms with van der Waals surface area (Å²) in [5.74, 6) is 1.27. The lowest BCUT2D eigenvalue weighted by atomic mass is 10.3. The maximum atomic E-state index is 4.96. The van der Waals surface area contributed by atoms with Crippen LogP contribution in [-0.4, -0.2) is 50.9 Å². The molecule has 0 unspecified atom stereocenters. The van der Waals surface area contributed by atoms with Crippen molar-refractivity contribution >= 4 is 5.95 Å². The van der Waals surface area contributed by atoms with Crippen LogP contribution in [0.3, 0.4) is 0 Å². The van der Waals surface area contributed by atoms with Crippen LogP contribution in [0.15, 0.2) is 6.33 Å². The third-order valence-electron chi connectivity index (χ3n) is 2.30. The Balaban J connectivity index is 1.84. The number of ether oxygens (including phenoxy) is 2. The number of methoxy groups -OCH3 is 2. The zero-order valence-corrected chi connectivity index (χ0v) is 10.8. The number of H-pyrrole nitrogens is 1. The maximum absolute atomic E-state index is 4.96. The van der Waals surface area contributed by atoms with Crippen molar-refractivity contribution in [3.63, 3.8) is 0 Å². The predicted octanol–water partition coefficient (Wildman–Crippen LogP) is 0.0516. The fourth-order valence-corrected chi connectivity index (χ4v) is 1.41. The van der Waals surface area contributed by atoms with E-state index in [9.17, 15) is 0 Å². The highest BCUT2D eigenvalue weighted by atomic mass is 16.5. The minimum absolute atomic E-state index is 0.213. The van der Waals surface area contributed by atoms with Crippen LogP contribution in [0.5, 0.6) is 12.0 Å². The van der Waals surface area contributed by atoms with E-state index in [-0.39, 0.29) is 12.0 Å². The molecule has 2 aromatic rings. The Bertz CT molecular complexity index is 480. The lowest BCUT2D eigenvalue weighted by Gasteiger charge is -2.06. The molecule has 0 aromatic carbocycles. The van der Waals surface area contributed by atoms with Crippen LogP contribution in [0.4, 0.5) is 5.95 Å². The third kappa shape index (κ3) is 3.76. The summed E-state index contributed by atoms with van der Waals surface area (Å²) >= 11 is 0. The topological polar surface area (TPSA) is 111 Å². The second kappa shape index (κ2) is 6.47. The quantitative estimate of drug-likeness (QED) is 0.676. The number of nitrogens with one attached hydrogen (secondary N) is 2. The van der Waals surface area contributed by atoms with Gasteiger partial charge in [0.05, 0.1) is 14.2 Å². The second-order valence-corrected chi connectivity index (χ2v) is 3.59. The lowest BCUT2D eigenvalue weighted by molar-refractivity contribution is 0.341. The van der Waals surface area contributed by atoms with E-state index in [0.717, 1.165) is 18.7 Å². The Morgan fingerprint density at radius 1 is 1.16 bits per heavy atom. The van der Waals surface area contributed by atoms with Crippen molar-refractivity contribution in [3.8, 4) is 12.0 Å². The van der Waals surface area contributed by atoms with E-state index in [2.05, 4.69) is 35.5 Å². The highest BCUT2D eigenvalue weighted by Crippen LogP contribution is 2.11. The van der Waals surface area contributed by atoms with Crippen LogP contribution in [0.1, 0.15) is 12.2 Å². The third-order valence-corrected chi connectivity index (χ3v) is 2.30. The predicted molar refractivity (Wildman–Crippen MR) is 66.1 cm³/mol. The Labute approximate surface area is 109 Å². The molecular formula is C10H15N7O2. The Kier molecular flexibility index (Phi) is 4.43. The van der Waals surface area contributed by atoms with E-state index in [1.807, 2.05) is 0 Å². The van der Waals surface area contributed by atoms with Gasteiger partial charge in [0.25, 0.3) is 0 Å².